The van der Waals surface area contributed by atoms with Gasteiger partial charge in [0.1, 0.15) is 5.75 Å². The van der Waals surface area contributed by atoms with Gasteiger partial charge in [0, 0.05) is 23.6 Å². The number of alkyl halides is 2. The van der Waals surface area contributed by atoms with Gasteiger partial charge in [-0.25, -0.2) is 8.78 Å². The normalized spacial score (nSPS) is 12.6. The van der Waals surface area contributed by atoms with Gasteiger partial charge in [0.15, 0.2) is 6.10 Å². The number of nitrogens with zero attached hydrogens (tertiary/aromatic N) is 1. The summed E-state index contributed by atoms with van der Waals surface area (Å²) in [6.07, 6.45) is -1.93. The van der Waals surface area contributed by atoms with Crippen LogP contribution in [0.2, 0.25) is 0 Å². The Hall–Kier alpha value is -3.53. The fourth-order valence-corrected chi connectivity index (χ4v) is 3.87. The number of aliphatic hydroxyl groups excluding tert-OH is 1. The highest BCUT2D eigenvalue weighted by Crippen LogP contribution is 2.26. The second-order valence-electron chi connectivity index (χ2n) is 9.73. The van der Waals surface area contributed by atoms with E-state index in [2.05, 4.69) is 10.6 Å². The molecule has 0 heterocycles. The summed E-state index contributed by atoms with van der Waals surface area (Å²) in [5.41, 5.74) is 1.75. The number of likely N-dealkylation sites (N-methyl/N-ethyl adjacent to an activating group) is 1. The maximum absolute atomic E-state index is 14.7. The van der Waals surface area contributed by atoms with Gasteiger partial charge in [-0.2, -0.15) is 0 Å². The molecule has 2 atom stereocenters. The standard InChI is InChI=1S/C28H37F2N3O5.C2H6/c1-6-31-24(35)15-33(16-28(29,30)17(2)3)27(38)25(36)22(14-20-10-8-7-9-11-20)32-26(37)21-12-18(4)13-23(34)19(21)5;1-2/h7-13,17,22,25,34,36H,6,14-16H2,1-5H3,(H,31,35)(H,32,37);1-2H3. The highest BCUT2D eigenvalue weighted by Gasteiger charge is 2.40. The maximum atomic E-state index is 14.7. The van der Waals surface area contributed by atoms with E-state index in [1.165, 1.54) is 19.9 Å². The lowest BCUT2D eigenvalue weighted by Gasteiger charge is -2.33. The number of phenols is 1. The Balaban J connectivity index is 0.00000391. The molecule has 0 aliphatic carbocycles. The topological polar surface area (TPSA) is 119 Å². The Morgan fingerprint density at radius 2 is 1.65 bits per heavy atom. The lowest BCUT2D eigenvalue weighted by atomic mass is 9.98. The third kappa shape index (κ3) is 9.89. The molecule has 0 bridgehead atoms. The van der Waals surface area contributed by atoms with E-state index < -0.39 is 54.8 Å². The molecule has 0 radical (unpaired) electrons. The van der Waals surface area contributed by atoms with Gasteiger partial charge in [-0.1, -0.05) is 58.0 Å². The summed E-state index contributed by atoms with van der Waals surface area (Å²) in [6.45, 7) is 9.98. The first-order valence-electron chi connectivity index (χ1n) is 13.5. The zero-order valence-corrected chi connectivity index (χ0v) is 24.4. The summed E-state index contributed by atoms with van der Waals surface area (Å²) in [6, 6.07) is 10.6. The zero-order valence-electron chi connectivity index (χ0n) is 24.4. The van der Waals surface area contributed by atoms with Crippen LogP contribution in [0.3, 0.4) is 0 Å². The second-order valence-corrected chi connectivity index (χ2v) is 9.73. The van der Waals surface area contributed by atoms with E-state index >= 15 is 0 Å². The number of carbonyl (C=O) groups is 3. The number of carbonyl (C=O) groups excluding carboxylic acids is 3. The zero-order chi connectivity index (χ0) is 30.6. The van der Waals surface area contributed by atoms with E-state index in [4.69, 9.17) is 0 Å². The van der Waals surface area contributed by atoms with Crippen molar-refractivity contribution in [1.82, 2.24) is 15.5 Å². The molecule has 4 N–H and O–H groups in total. The van der Waals surface area contributed by atoms with Crippen LogP contribution in [0.15, 0.2) is 42.5 Å². The predicted molar refractivity (Wildman–Crippen MR) is 151 cm³/mol. The van der Waals surface area contributed by atoms with Gasteiger partial charge >= 0.3 is 0 Å². The van der Waals surface area contributed by atoms with Gasteiger partial charge in [-0.3, -0.25) is 14.4 Å². The van der Waals surface area contributed by atoms with Crippen molar-refractivity contribution in [2.75, 3.05) is 19.6 Å². The molecule has 40 heavy (non-hydrogen) atoms. The van der Waals surface area contributed by atoms with E-state index in [0.29, 0.717) is 21.6 Å². The van der Waals surface area contributed by atoms with Crippen LogP contribution in [0, 0.1) is 19.8 Å². The Morgan fingerprint density at radius 3 is 2.20 bits per heavy atom. The molecule has 3 amide bonds. The smallest absolute Gasteiger partial charge is 0.267 e. The first-order chi connectivity index (χ1) is 18.8. The van der Waals surface area contributed by atoms with Crippen LogP contribution in [-0.4, -0.2) is 70.5 Å². The molecular weight excluding hydrogens is 520 g/mol. The largest absolute Gasteiger partial charge is 0.508 e. The van der Waals surface area contributed by atoms with Gasteiger partial charge in [0.05, 0.1) is 19.1 Å². The number of phenolic OH excluding ortho intramolecular Hbond substituents is 1. The van der Waals surface area contributed by atoms with Gasteiger partial charge in [0.25, 0.3) is 17.7 Å². The molecule has 0 saturated carbocycles. The van der Waals surface area contributed by atoms with E-state index in [1.807, 2.05) is 13.8 Å². The summed E-state index contributed by atoms with van der Waals surface area (Å²) in [5, 5.41) is 26.4. The van der Waals surface area contributed by atoms with Crippen LogP contribution in [-0.2, 0) is 16.0 Å². The lowest BCUT2D eigenvalue weighted by Crippen LogP contribution is -2.56. The van der Waals surface area contributed by atoms with Crippen LogP contribution in [0.1, 0.15) is 61.7 Å². The third-order valence-corrected chi connectivity index (χ3v) is 6.28. The number of nitrogens with one attached hydrogen (secondary N) is 2. The van der Waals surface area contributed by atoms with Crippen molar-refractivity contribution in [3.63, 3.8) is 0 Å². The first-order valence-corrected chi connectivity index (χ1v) is 13.5. The Kier molecular flexibility index (Phi) is 13.7. The maximum Gasteiger partial charge on any atom is 0.267 e. The summed E-state index contributed by atoms with van der Waals surface area (Å²) in [5.74, 6) is -6.95. The van der Waals surface area contributed by atoms with Crippen LogP contribution in [0.5, 0.6) is 5.75 Å². The summed E-state index contributed by atoms with van der Waals surface area (Å²) in [7, 11) is 0. The van der Waals surface area contributed by atoms with E-state index in [-0.39, 0.29) is 24.3 Å². The number of aromatic hydroxyl groups is 1. The van der Waals surface area contributed by atoms with Gasteiger partial charge in [-0.05, 0) is 50.5 Å². The van der Waals surface area contributed by atoms with Crippen molar-refractivity contribution in [1.29, 1.82) is 0 Å². The highest BCUT2D eigenvalue weighted by atomic mass is 19.3. The third-order valence-electron chi connectivity index (χ3n) is 6.28. The number of hydrogen-bond acceptors (Lipinski definition) is 5. The van der Waals surface area contributed by atoms with Crippen LogP contribution in [0.4, 0.5) is 8.78 Å². The van der Waals surface area contributed by atoms with Gasteiger partial charge in [-0.15, -0.1) is 0 Å². The van der Waals surface area contributed by atoms with Crippen molar-refractivity contribution in [3.05, 3.63) is 64.7 Å². The molecule has 2 unspecified atom stereocenters. The number of aliphatic hydroxyl groups is 1. The number of rotatable bonds is 12. The number of amides is 3. The molecule has 2 aromatic rings. The summed E-state index contributed by atoms with van der Waals surface area (Å²) >= 11 is 0. The van der Waals surface area contributed by atoms with E-state index in [9.17, 15) is 33.4 Å². The van der Waals surface area contributed by atoms with Crippen LogP contribution >= 0.6 is 0 Å². The van der Waals surface area contributed by atoms with Crippen molar-refractivity contribution in [2.24, 2.45) is 5.92 Å². The molecule has 2 rings (SSSR count). The van der Waals surface area contributed by atoms with Crippen LogP contribution < -0.4 is 10.6 Å². The average molecular weight is 564 g/mol. The molecule has 0 spiro atoms. The fourth-order valence-electron chi connectivity index (χ4n) is 3.87. The SMILES string of the molecule is CC.CCNC(=O)CN(CC(F)(F)C(C)C)C(=O)C(O)C(Cc1ccccc1)NC(=O)c1cc(C)cc(O)c1C. The lowest BCUT2D eigenvalue weighted by molar-refractivity contribution is -0.152. The van der Waals surface area contributed by atoms with Crippen molar-refractivity contribution < 1.29 is 33.4 Å². The molecule has 222 valence electrons. The molecule has 0 aliphatic heterocycles. The monoisotopic (exact) mass is 563 g/mol. The predicted octanol–water partition coefficient (Wildman–Crippen LogP) is 3.99. The molecule has 2 aromatic carbocycles. The number of hydrogen-bond donors (Lipinski definition) is 4. The molecule has 0 saturated heterocycles. The average Bonchev–Trinajstić information content (AvgIpc) is 2.90. The molecule has 0 aliphatic rings. The van der Waals surface area contributed by atoms with E-state index in [0.717, 1.165) is 0 Å². The van der Waals surface area contributed by atoms with Crippen molar-refractivity contribution in [2.45, 2.75) is 73.0 Å². The van der Waals surface area contributed by atoms with Gasteiger partial charge in [0.2, 0.25) is 5.91 Å². The number of benzene rings is 2. The Bertz CT molecular complexity index is 1130. The Labute approximate surface area is 235 Å². The van der Waals surface area contributed by atoms with Crippen molar-refractivity contribution in [3.8, 4) is 5.75 Å². The number of halogens is 2. The summed E-state index contributed by atoms with van der Waals surface area (Å²) < 4.78 is 29.3. The summed E-state index contributed by atoms with van der Waals surface area (Å²) in [4.78, 5) is 39.5. The minimum atomic E-state index is -3.32. The molecular formula is C30H43F2N3O5. The molecule has 8 nitrogen and oxygen atoms in total. The first kappa shape index (κ1) is 34.5. The number of aryl methyl sites for hydroxylation is 1. The highest BCUT2D eigenvalue weighted by molar-refractivity contribution is 5.97. The minimum absolute atomic E-state index is 0.00586. The van der Waals surface area contributed by atoms with Crippen LogP contribution in [0.25, 0.3) is 0 Å². The Morgan fingerprint density at radius 1 is 1.05 bits per heavy atom. The fraction of sp³-hybridized carbons (Fsp3) is 0.500. The molecule has 10 heteroatoms. The molecule has 0 fully saturated rings. The quantitative estimate of drug-likeness (QED) is 0.311. The molecule has 0 aromatic heterocycles. The van der Waals surface area contributed by atoms with Crippen molar-refractivity contribution >= 4 is 17.7 Å². The van der Waals surface area contributed by atoms with Gasteiger partial charge < -0.3 is 25.7 Å². The van der Waals surface area contributed by atoms with E-state index in [1.54, 1.807) is 57.2 Å². The second kappa shape index (κ2) is 15.9. The minimum Gasteiger partial charge on any atom is -0.508 e.